The first-order valence-corrected chi connectivity index (χ1v) is 6.18. The summed E-state index contributed by atoms with van der Waals surface area (Å²) in [4.78, 5) is 0. The molecule has 4 N–H and O–H groups in total. The molecule has 20 heavy (non-hydrogen) atoms. The van der Waals surface area contributed by atoms with Crippen LogP contribution in [0.3, 0.4) is 0 Å². The van der Waals surface area contributed by atoms with Crippen molar-refractivity contribution >= 4 is 0 Å². The molecule has 1 heterocycles. The molecule has 2 rings (SSSR count). The molecule has 5 atom stereocenters. The third-order valence-electron chi connectivity index (χ3n) is 3.16. The molecule has 7 nitrogen and oxygen atoms in total. The second-order valence-electron chi connectivity index (χ2n) is 4.49. The summed E-state index contributed by atoms with van der Waals surface area (Å²) < 4.78 is 15.6. The highest BCUT2D eigenvalue weighted by atomic mass is 16.7. The van der Waals surface area contributed by atoms with Gasteiger partial charge < -0.3 is 34.6 Å². The average Bonchev–Trinajstić information content (AvgIpc) is 2.48. The minimum atomic E-state index is -1.45. The second kappa shape index (κ2) is 6.38. The zero-order chi connectivity index (χ0) is 14.7. The predicted octanol–water partition coefficient (Wildman–Crippen LogP) is -1.13. The van der Waals surface area contributed by atoms with Gasteiger partial charge >= 0.3 is 0 Å². The molecule has 0 aliphatic carbocycles. The van der Waals surface area contributed by atoms with Gasteiger partial charge in [-0.05, 0) is 24.3 Å². The van der Waals surface area contributed by atoms with Gasteiger partial charge in [-0.15, -0.1) is 0 Å². The Kier molecular flexibility index (Phi) is 4.79. The number of methoxy groups -OCH3 is 1. The van der Waals surface area contributed by atoms with Gasteiger partial charge in [0.25, 0.3) is 0 Å². The standard InChI is InChI=1S/C13H18O7/c1-18-7-2-4-8(5-3-7)19-13-12(17)11(16)10(15)9(6-14)20-13/h2-5,9-17H,6H2,1H3/t9-,10+,11+,12+,13-/m1/s1. The van der Waals surface area contributed by atoms with E-state index in [9.17, 15) is 15.3 Å². The Morgan fingerprint density at radius 2 is 1.60 bits per heavy atom. The maximum Gasteiger partial charge on any atom is 0.229 e. The minimum absolute atomic E-state index is 0.398. The molecular formula is C13H18O7. The Labute approximate surface area is 115 Å². The second-order valence-corrected chi connectivity index (χ2v) is 4.49. The van der Waals surface area contributed by atoms with Crippen LogP contribution in [-0.2, 0) is 4.74 Å². The molecule has 1 saturated heterocycles. The summed E-state index contributed by atoms with van der Waals surface area (Å²) in [5.74, 6) is 1.04. The normalized spacial score (nSPS) is 33.8. The summed E-state index contributed by atoms with van der Waals surface area (Å²) in [5.41, 5.74) is 0. The van der Waals surface area contributed by atoms with Crippen molar-refractivity contribution in [3.63, 3.8) is 0 Å². The van der Waals surface area contributed by atoms with Crippen molar-refractivity contribution in [1.29, 1.82) is 0 Å². The molecule has 0 saturated carbocycles. The van der Waals surface area contributed by atoms with E-state index >= 15 is 0 Å². The van der Waals surface area contributed by atoms with Gasteiger partial charge in [0.05, 0.1) is 13.7 Å². The molecule has 112 valence electrons. The lowest BCUT2D eigenvalue weighted by Gasteiger charge is -2.39. The summed E-state index contributed by atoms with van der Waals surface area (Å²) in [5, 5.41) is 38.2. The van der Waals surface area contributed by atoms with Crippen LogP contribution in [0.5, 0.6) is 11.5 Å². The van der Waals surface area contributed by atoms with Gasteiger partial charge in [0, 0.05) is 0 Å². The molecule has 1 aromatic rings. The molecule has 1 fully saturated rings. The number of rotatable bonds is 4. The molecule has 0 amide bonds. The van der Waals surface area contributed by atoms with Crippen molar-refractivity contribution in [2.45, 2.75) is 30.7 Å². The van der Waals surface area contributed by atoms with E-state index < -0.39 is 37.3 Å². The molecule has 1 aromatic carbocycles. The summed E-state index contributed by atoms with van der Waals surface area (Å²) in [6.07, 6.45) is -6.44. The lowest BCUT2D eigenvalue weighted by atomic mass is 9.99. The molecule has 0 radical (unpaired) electrons. The first-order chi connectivity index (χ1) is 9.56. The molecule has 1 aliphatic heterocycles. The maximum atomic E-state index is 9.82. The van der Waals surface area contributed by atoms with Crippen molar-refractivity contribution in [2.75, 3.05) is 13.7 Å². The van der Waals surface area contributed by atoms with Crippen LogP contribution in [0.2, 0.25) is 0 Å². The van der Waals surface area contributed by atoms with Crippen LogP contribution >= 0.6 is 0 Å². The zero-order valence-corrected chi connectivity index (χ0v) is 10.9. The van der Waals surface area contributed by atoms with E-state index in [1.54, 1.807) is 24.3 Å². The SMILES string of the molecule is COc1ccc(O[C@@H]2O[C@H](CO)[C@H](O)[C@H](O)[C@@H]2O)cc1. The molecule has 7 heteroatoms. The van der Waals surface area contributed by atoms with Gasteiger partial charge in [0.15, 0.2) is 0 Å². The topological polar surface area (TPSA) is 109 Å². The Morgan fingerprint density at radius 1 is 1.00 bits per heavy atom. The molecule has 0 aromatic heterocycles. The molecular weight excluding hydrogens is 268 g/mol. The largest absolute Gasteiger partial charge is 0.497 e. The zero-order valence-electron chi connectivity index (χ0n) is 10.9. The number of aliphatic hydroxyl groups is 4. The van der Waals surface area contributed by atoms with Crippen LogP contribution in [0.25, 0.3) is 0 Å². The van der Waals surface area contributed by atoms with Gasteiger partial charge in [0.2, 0.25) is 6.29 Å². The van der Waals surface area contributed by atoms with E-state index in [1.165, 1.54) is 7.11 Å². The summed E-state index contributed by atoms with van der Waals surface area (Å²) in [6, 6.07) is 6.55. The molecule has 0 bridgehead atoms. The van der Waals surface area contributed by atoms with Crippen molar-refractivity contribution in [1.82, 2.24) is 0 Å². The quantitative estimate of drug-likeness (QED) is 0.555. The number of aliphatic hydroxyl groups excluding tert-OH is 4. The van der Waals surface area contributed by atoms with Crippen LogP contribution < -0.4 is 9.47 Å². The van der Waals surface area contributed by atoms with Gasteiger partial charge in [-0.25, -0.2) is 0 Å². The summed E-state index contributed by atoms with van der Waals surface area (Å²) in [7, 11) is 1.54. The van der Waals surface area contributed by atoms with Gasteiger partial charge in [-0.3, -0.25) is 0 Å². The Morgan fingerprint density at radius 3 is 2.15 bits per heavy atom. The Bertz CT molecular complexity index is 419. The Hall–Kier alpha value is -1.38. The first kappa shape index (κ1) is 15.0. The fraction of sp³-hybridized carbons (Fsp3) is 0.538. The highest BCUT2D eigenvalue weighted by molar-refractivity contribution is 5.31. The lowest BCUT2D eigenvalue weighted by Crippen LogP contribution is -2.60. The third-order valence-corrected chi connectivity index (χ3v) is 3.16. The van der Waals surface area contributed by atoms with E-state index in [1.807, 2.05) is 0 Å². The number of benzene rings is 1. The molecule has 0 spiro atoms. The van der Waals surface area contributed by atoms with E-state index in [2.05, 4.69) is 0 Å². The third kappa shape index (κ3) is 3.02. The fourth-order valence-electron chi connectivity index (χ4n) is 1.95. The van der Waals surface area contributed by atoms with Crippen molar-refractivity contribution in [3.05, 3.63) is 24.3 Å². The number of ether oxygens (including phenoxy) is 3. The van der Waals surface area contributed by atoms with E-state index in [0.717, 1.165) is 0 Å². The predicted molar refractivity (Wildman–Crippen MR) is 67.4 cm³/mol. The number of hydrogen-bond donors (Lipinski definition) is 4. The Balaban J connectivity index is 2.06. The maximum absolute atomic E-state index is 9.82. The summed E-state index contributed by atoms with van der Waals surface area (Å²) in [6.45, 7) is -0.493. The monoisotopic (exact) mass is 286 g/mol. The van der Waals surface area contributed by atoms with Gasteiger partial charge in [-0.2, -0.15) is 0 Å². The number of hydrogen-bond acceptors (Lipinski definition) is 7. The van der Waals surface area contributed by atoms with Crippen LogP contribution in [0, 0.1) is 0 Å². The first-order valence-electron chi connectivity index (χ1n) is 6.18. The molecule has 1 aliphatic rings. The van der Waals surface area contributed by atoms with E-state index in [4.69, 9.17) is 19.3 Å². The fourth-order valence-corrected chi connectivity index (χ4v) is 1.95. The average molecular weight is 286 g/mol. The van der Waals surface area contributed by atoms with Gasteiger partial charge in [-0.1, -0.05) is 0 Å². The van der Waals surface area contributed by atoms with Crippen LogP contribution in [0.15, 0.2) is 24.3 Å². The van der Waals surface area contributed by atoms with Crippen molar-refractivity contribution in [2.24, 2.45) is 0 Å². The van der Waals surface area contributed by atoms with Crippen molar-refractivity contribution < 1.29 is 34.6 Å². The van der Waals surface area contributed by atoms with Crippen LogP contribution in [0.4, 0.5) is 0 Å². The van der Waals surface area contributed by atoms with Crippen LogP contribution in [-0.4, -0.2) is 64.8 Å². The van der Waals surface area contributed by atoms with Crippen molar-refractivity contribution in [3.8, 4) is 11.5 Å². The molecule has 0 unspecified atom stereocenters. The van der Waals surface area contributed by atoms with E-state index in [-0.39, 0.29) is 0 Å². The van der Waals surface area contributed by atoms with E-state index in [0.29, 0.717) is 11.5 Å². The smallest absolute Gasteiger partial charge is 0.229 e. The van der Waals surface area contributed by atoms with Crippen LogP contribution in [0.1, 0.15) is 0 Å². The highest BCUT2D eigenvalue weighted by Gasteiger charge is 2.44. The summed E-state index contributed by atoms with van der Waals surface area (Å²) >= 11 is 0. The minimum Gasteiger partial charge on any atom is -0.497 e. The highest BCUT2D eigenvalue weighted by Crippen LogP contribution is 2.25. The lowest BCUT2D eigenvalue weighted by molar-refractivity contribution is -0.277. The van der Waals surface area contributed by atoms with Gasteiger partial charge in [0.1, 0.15) is 35.9 Å².